The lowest BCUT2D eigenvalue weighted by atomic mass is 10.1. The molecule has 34 heavy (non-hydrogen) atoms. The topological polar surface area (TPSA) is 89.8 Å². The number of nitrogens with zero attached hydrogens (tertiary/aromatic N) is 4. The molecule has 3 aromatic rings. The number of aliphatic hydroxyl groups is 1. The Morgan fingerprint density at radius 2 is 1.94 bits per heavy atom. The minimum atomic E-state index is -0.0995. The largest absolute Gasteiger partial charge is 0.496 e. The third kappa shape index (κ3) is 4.84. The number of morpholine rings is 1. The predicted molar refractivity (Wildman–Crippen MR) is 133 cm³/mol. The van der Waals surface area contributed by atoms with Crippen molar-refractivity contribution in [1.82, 2.24) is 15.0 Å². The molecule has 8 nitrogen and oxygen atoms in total. The molecule has 1 aromatic carbocycles. The molecular weight excluding hydrogens is 452 g/mol. The molecule has 0 amide bonds. The lowest BCUT2D eigenvalue weighted by molar-refractivity contribution is 0.0985. The van der Waals surface area contributed by atoms with Gasteiger partial charge < -0.3 is 24.2 Å². The summed E-state index contributed by atoms with van der Waals surface area (Å²) < 4.78 is 16.5. The second kappa shape index (κ2) is 10.4. The summed E-state index contributed by atoms with van der Waals surface area (Å²) >= 11 is 1.72. The number of fused-ring (bicyclic) bond motifs is 1. The van der Waals surface area contributed by atoms with Crippen LogP contribution >= 0.6 is 11.8 Å². The molecule has 5 rings (SSSR count). The number of benzene rings is 1. The van der Waals surface area contributed by atoms with Gasteiger partial charge in [0, 0.05) is 36.1 Å². The van der Waals surface area contributed by atoms with Crippen molar-refractivity contribution in [3.63, 3.8) is 0 Å². The molecule has 2 aliphatic rings. The van der Waals surface area contributed by atoms with Crippen molar-refractivity contribution >= 4 is 28.6 Å². The van der Waals surface area contributed by atoms with Gasteiger partial charge >= 0.3 is 0 Å². The van der Waals surface area contributed by atoms with Gasteiger partial charge in [-0.25, -0.2) is 15.0 Å². The minimum Gasteiger partial charge on any atom is -0.496 e. The first-order valence-electron chi connectivity index (χ1n) is 11.7. The highest BCUT2D eigenvalue weighted by Gasteiger charge is 2.25. The van der Waals surface area contributed by atoms with Gasteiger partial charge in [-0.2, -0.15) is 0 Å². The van der Waals surface area contributed by atoms with E-state index in [9.17, 15) is 5.11 Å². The molecular formula is C25H30N4O4S. The maximum Gasteiger partial charge on any atom is 0.191 e. The standard InChI is InChI=1S/C25H30N4O4S/c1-16-15-33-12-9-29(16)24-20-4-5-21(17-3-6-22(31-2)18(13-17)14-30)26-23(20)27-25(28-24)34-19-7-10-32-11-8-19/h3-6,13,16,19,30H,7-12,14-15H2,1-2H3/t16-/m0/s1. The van der Waals surface area contributed by atoms with Crippen LogP contribution in [0.1, 0.15) is 25.3 Å². The van der Waals surface area contributed by atoms with Gasteiger partial charge in [-0.15, -0.1) is 0 Å². The summed E-state index contributed by atoms with van der Waals surface area (Å²) in [6, 6.07) is 10.0. The fourth-order valence-corrected chi connectivity index (χ4v) is 5.46. The van der Waals surface area contributed by atoms with Crippen molar-refractivity contribution in [3.05, 3.63) is 35.9 Å². The zero-order chi connectivity index (χ0) is 23.5. The number of thioether (sulfide) groups is 1. The molecule has 0 bridgehead atoms. The van der Waals surface area contributed by atoms with Crippen LogP contribution in [0.3, 0.4) is 0 Å². The van der Waals surface area contributed by atoms with Crippen molar-refractivity contribution in [3.8, 4) is 17.0 Å². The Morgan fingerprint density at radius 1 is 1.09 bits per heavy atom. The van der Waals surface area contributed by atoms with Gasteiger partial charge in [-0.1, -0.05) is 11.8 Å². The first-order valence-corrected chi connectivity index (χ1v) is 12.6. The highest BCUT2D eigenvalue weighted by molar-refractivity contribution is 7.99. The molecule has 0 saturated carbocycles. The summed E-state index contributed by atoms with van der Waals surface area (Å²) in [5.41, 5.74) is 3.11. The van der Waals surface area contributed by atoms with Crippen LogP contribution < -0.4 is 9.64 Å². The lowest BCUT2D eigenvalue weighted by Crippen LogP contribution is -2.44. The third-order valence-electron chi connectivity index (χ3n) is 6.35. The zero-order valence-corrected chi connectivity index (χ0v) is 20.4. The number of aliphatic hydroxyl groups excluding tert-OH is 1. The second-order valence-electron chi connectivity index (χ2n) is 8.63. The lowest BCUT2D eigenvalue weighted by Gasteiger charge is -2.35. The van der Waals surface area contributed by atoms with E-state index < -0.39 is 0 Å². The molecule has 9 heteroatoms. The summed E-state index contributed by atoms with van der Waals surface area (Å²) in [5, 5.41) is 11.9. The number of rotatable bonds is 6. The maximum absolute atomic E-state index is 9.74. The highest BCUT2D eigenvalue weighted by atomic mass is 32.2. The number of hydrogen-bond donors (Lipinski definition) is 1. The average molecular weight is 483 g/mol. The Hall–Kier alpha value is -2.46. The summed E-state index contributed by atoms with van der Waals surface area (Å²) in [6.45, 7) is 5.77. The van der Waals surface area contributed by atoms with Crippen LogP contribution in [0.5, 0.6) is 5.75 Å². The molecule has 2 aromatic heterocycles. The number of anilines is 1. The van der Waals surface area contributed by atoms with Crippen LogP contribution in [-0.4, -0.2) is 71.4 Å². The van der Waals surface area contributed by atoms with Crippen molar-refractivity contribution < 1.29 is 19.3 Å². The molecule has 2 saturated heterocycles. The van der Waals surface area contributed by atoms with Gasteiger partial charge in [0.1, 0.15) is 11.6 Å². The summed E-state index contributed by atoms with van der Waals surface area (Å²) in [4.78, 5) is 17.1. The van der Waals surface area contributed by atoms with Gasteiger partial charge in [0.25, 0.3) is 0 Å². The van der Waals surface area contributed by atoms with Crippen LogP contribution in [0.15, 0.2) is 35.5 Å². The monoisotopic (exact) mass is 482 g/mol. The predicted octanol–water partition coefficient (Wildman–Crippen LogP) is 3.69. The van der Waals surface area contributed by atoms with Crippen LogP contribution in [0.2, 0.25) is 0 Å². The van der Waals surface area contributed by atoms with E-state index in [1.165, 1.54) is 0 Å². The van der Waals surface area contributed by atoms with Gasteiger partial charge in [0.15, 0.2) is 10.8 Å². The van der Waals surface area contributed by atoms with Crippen LogP contribution in [0, 0.1) is 0 Å². The molecule has 1 atom stereocenters. The molecule has 2 aliphatic heterocycles. The molecule has 0 radical (unpaired) electrons. The van der Waals surface area contributed by atoms with E-state index in [4.69, 9.17) is 29.2 Å². The number of aromatic nitrogens is 3. The van der Waals surface area contributed by atoms with E-state index in [-0.39, 0.29) is 12.6 Å². The molecule has 2 fully saturated rings. The first-order chi connectivity index (χ1) is 16.7. The summed E-state index contributed by atoms with van der Waals surface area (Å²) in [7, 11) is 1.60. The molecule has 0 unspecified atom stereocenters. The quantitative estimate of drug-likeness (QED) is 0.528. The Kier molecular flexibility index (Phi) is 7.15. The molecule has 0 spiro atoms. The molecule has 180 valence electrons. The number of hydrogen-bond acceptors (Lipinski definition) is 9. The minimum absolute atomic E-state index is 0.0995. The van der Waals surface area contributed by atoms with E-state index in [0.717, 1.165) is 65.8 Å². The second-order valence-corrected chi connectivity index (χ2v) is 9.90. The summed E-state index contributed by atoms with van der Waals surface area (Å²) in [5.74, 6) is 1.58. The van der Waals surface area contributed by atoms with Crippen LogP contribution in [0.25, 0.3) is 22.3 Å². The summed E-state index contributed by atoms with van der Waals surface area (Å²) in [6.07, 6.45) is 2.00. The molecule has 1 N–H and O–H groups in total. The van der Waals surface area contributed by atoms with Gasteiger partial charge in [0.05, 0.1) is 44.1 Å². The third-order valence-corrected chi connectivity index (χ3v) is 7.54. The Labute approximate surface area is 203 Å². The van der Waals surface area contributed by atoms with Gasteiger partial charge in [-0.3, -0.25) is 0 Å². The molecule has 4 heterocycles. The van der Waals surface area contributed by atoms with E-state index in [1.54, 1.807) is 18.9 Å². The Bertz CT molecular complexity index is 1160. The van der Waals surface area contributed by atoms with Gasteiger partial charge in [0.2, 0.25) is 0 Å². The SMILES string of the molecule is COc1ccc(-c2ccc3c(N4CCOC[C@@H]4C)nc(SC4CCOCC4)nc3n2)cc1CO. The van der Waals surface area contributed by atoms with E-state index in [1.807, 2.05) is 24.3 Å². The fourth-order valence-electron chi connectivity index (χ4n) is 4.45. The van der Waals surface area contributed by atoms with Crippen molar-refractivity contribution in [2.75, 3.05) is 45.0 Å². The van der Waals surface area contributed by atoms with Crippen molar-refractivity contribution in [1.29, 1.82) is 0 Å². The van der Waals surface area contributed by atoms with Gasteiger partial charge in [-0.05, 0) is 50.1 Å². The van der Waals surface area contributed by atoms with Crippen LogP contribution in [0.4, 0.5) is 5.82 Å². The van der Waals surface area contributed by atoms with E-state index in [0.29, 0.717) is 29.9 Å². The first kappa shape index (κ1) is 23.3. The van der Waals surface area contributed by atoms with E-state index >= 15 is 0 Å². The smallest absolute Gasteiger partial charge is 0.191 e. The maximum atomic E-state index is 9.74. The van der Waals surface area contributed by atoms with Crippen LogP contribution in [-0.2, 0) is 16.1 Å². The zero-order valence-electron chi connectivity index (χ0n) is 19.6. The average Bonchev–Trinajstić information content (AvgIpc) is 2.88. The highest BCUT2D eigenvalue weighted by Crippen LogP contribution is 2.34. The Morgan fingerprint density at radius 3 is 2.71 bits per heavy atom. The fraction of sp³-hybridized carbons (Fsp3) is 0.480. The number of methoxy groups -OCH3 is 1. The normalized spacial score (nSPS) is 19.5. The number of ether oxygens (including phenoxy) is 3. The number of pyridine rings is 1. The van der Waals surface area contributed by atoms with Crippen molar-refractivity contribution in [2.45, 2.75) is 42.8 Å². The Balaban J connectivity index is 1.57. The van der Waals surface area contributed by atoms with Crippen molar-refractivity contribution in [2.24, 2.45) is 0 Å². The van der Waals surface area contributed by atoms with E-state index in [2.05, 4.69) is 17.9 Å². The molecule has 0 aliphatic carbocycles.